The second-order valence-electron chi connectivity index (χ2n) is 32.4. The fourth-order valence-corrected chi connectivity index (χ4v) is 15.1. The number of amides is 1. The minimum atomic E-state index is -1.98. The quantitative estimate of drug-likeness (QED) is 0.0199. The molecule has 19 nitrogen and oxygen atoms in total. The highest BCUT2D eigenvalue weighted by Crippen LogP contribution is 2.34. The van der Waals surface area contributed by atoms with Crippen LogP contribution in [0.3, 0.4) is 0 Å². The number of carbonyl (C=O) groups is 1. The topological polar surface area (TPSA) is 307 Å². The van der Waals surface area contributed by atoms with Crippen LogP contribution in [-0.2, 0) is 33.2 Å². The van der Waals surface area contributed by atoms with Crippen LogP contribution in [0, 0.1) is 0 Å². The van der Waals surface area contributed by atoms with E-state index in [4.69, 9.17) is 28.4 Å². The first-order valence-corrected chi connectivity index (χ1v) is 46.0. The summed E-state index contributed by atoms with van der Waals surface area (Å²) in [6.07, 6.45) is 74.1. The second kappa shape index (κ2) is 72.7. The van der Waals surface area contributed by atoms with Crippen molar-refractivity contribution < 1.29 is 89.4 Å². The van der Waals surface area contributed by atoms with Crippen molar-refractivity contribution in [3.05, 3.63) is 97.2 Å². The second-order valence-corrected chi connectivity index (χ2v) is 32.4. The summed E-state index contributed by atoms with van der Waals surface area (Å²) in [4.78, 5) is 13.5. The van der Waals surface area contributed by atoms with Gasteiger partial charge in [-0.1, -0.05) is 374 Å². The molecule has 0 bridgehead atoms. The first-order chi connectivity index (χ1) is 55.3. The van der Waals surface area contributed by atoms with Crippen LogP contribution >= 0.6 is 0 Å². The molecular weight excluding hydrogens is 1430 g/mol. The van der Waals surface area contributed by atoms with Crippen molar-refractivity contribution >= 4 is 5.91 Å². The summed E-state index contributed by atoms with van der Waals surface area (Å²) in [5.74, 6) is -0.271. The van der Waals surface area contributed by atoms with Gasteiger partial charge in [0.05, 0.1) is 38.6 Å². The first kappa shape index (κ1) is 104. The number of allylic oxidation sites excluding steroid dienone is 15. The van der Waals surface area contributed by atoms with Crippen LogP contribution in [0.5, 0.6) is 0 Å². The van der Waals surface area contributed by atoms with E-state index in [1.807, 2.05) is 6.08 Å². The number of aliphatic hydroxyl groups is 11. The zero-order valence-corrected chi connectivity index (χ0v) is 70.8. The molecule has 3 aliphatic rings. The lowest BCUT2D eigenvalue weighted by Crippen LogP contribution is -2.66. The van der Waals surface area contributed by atoms with Crippen LogP contribution in [0.4, 0.5) is 0 Å². The molecule has 0 aromatic carbocycles. The van der Waals surface area contributed by atoms with Gasteiger partial charge in [-0.3, -0.25) is 4.79 Å². The number of ether oxygens (including phenoxy) is 6. The highest BCUT2D eigenvalue weighted by atomic mass is 16.8. The number of hydrogen-bond acceptors (Lipinski definition) is 18. The van der Waals surface area contributed by atoms with Crippen molar-refractivity contribution in [2.45, 2.75) is 465 Å². The Morgan fingerprint density at radius 2 is 0.611 bits per heavy atom. The Morgan fingerprint density at radius 3 is 0.956 bits per heavy atom. The molecule has 3 heterocycles. The lowest BCUT2D eigenvalue weighted by molar-refractivity contribution is -0.379. The van der Waals surface area contributed by atoms with E-state index in [9.17, 15) is 61.0 Å². The van der Waals surface area contributed by atoms with E-state index in [0.29, 0.717) is 6.42 Å². The van der Waals surface area contributed by atoms with Crippen molar-refractivity contribution in [2.75, 3.05) is 26.4 Å². The monoisotopic (exact) mass is 1600 g/mol. The molecule has 3 rings (SSSR count). The number of nitrogens with one attached hydrogen (secondary N) is 1. The van der Waals surface area contributed by atoms with Crippen molar-refractivity contribution in [2.24, 2.45) is 0 Å². The molecule has 0 saturated carbocycles. The molecular formula is C94H167NO18. The Balaban J connectivity index is 1.31. The molecule has 17 atom stereocenters. The maximum Gasteiger partial charge on any atom is 0.220 e. The van der Waals surface area contributed by atoms with Crippen LogP contribution in [0.2, 0.25) is 0 Å². The molecule has 0 radical (unpaired) electrons. The summed E-state index contributed by atoms with van der Waals surface area (Å²) in [5.41, 5.74) is 0. The van der Waals surface area contributed by atoms with Crippen LogP contribution in [0.15, 0.2) is 97.2 Å². The predicted molar refractivity (Wildman–Crippen MR) is 457 cm³/mol. The lowest BCUT2D eigenvalue weighted by Gasteiger charge is -2.48. The van der Waals surface area contributed by atoms with Crippen molar-refractivity contribution in [1.82, 2.24) is 5.32 Å². The van der Waals surface area contributed by atoms with Crippen molar-refractivity contribution in [3.63, 3.8) is 0 Å². The van der Waals surface area contributed by atoms with E-state index in [0.717, 1.165) is 89.9 Å². The fraction of sp³-hybridized carbons (Fsp3) is 0.819. The average Bonchev–Trinajstić information content (AvgIpc) is 0.777. The molecule has 3 fully saturated rings. The summed E-state index contributed by atoms with van der Waals surface area (Å²) in [6, 6.07) is -0.978. The summed E-state index contributed by atoms with van der Waals surface area (Å²) in [5, 5.41) is 121. The van der Waals surface area contributed by atoms with E-state index in [-0.39, 0.29) is 18.9 Å². The van der Waals surface area contributed by atoms with Gasteiger partial charge < -0.3 is 89.9 Å². The molecule has 1 amide bonds. The Hall–Kier alpha value is -3.29. The van der Waals surface area contributed by atoms with Gasteiger partial charge in [-0.05, 0) is 77.0 Å². The third-order valence-electron chi connectivity index (χ3n) is 22.4. The van der Waals surface area contributed by atoms with E-state index >= 15 is 0 Å². The smallest absolute Gasteiger partial charge is 0.220 e. The minimum Gasteiger partial charge on any atom is -0.394 e. The Kier molecular flexibility index (Phi) is 66.8. The number of rotatable bonds is 74. The van der Waals surface area contributed by atoms with Crippen LogP contribution < -0.4 is 5.32 Å². The summed E-state index contributed by atoms with van der Waals surface area (Å²) in [6.45, 7) is 1.67. The number of hydrogen-bond donors (Lipinski definition) is 12. The maximum absolute atomic E-state index is 13.5. The molecule has 656 valence electrons. The first-order valence-electron chi connectivity index (χ1n) is 46.0. The van der Waals surface area contributed by atoms with Crippen LogP contribution in [-0.4, -0.2) is 193 Å². The molecule has 0 spiro atoms. The molecule has 0 aromatic rings. The van der Waals surface area contributed by atoms with Crippen LogP contribution in [0.1, 0.15) is 361 Å². The average molecular weight is 1600 g/mol. The van der Waals surface area contributed by atoms with Gasteiger partial charge in [-0.25, -0.2) is 0 Å². The van der Waals surface area contributed by atoms with Gasteiger partial charge in [0, 0.05) is 6.42 Å². The van der Waals surface area contributed by atoms with Crippen molar-refractivity contribution in [3.8, 4) is 0 Å². The van der Waals surface area contributed by atoms with Gasteiger partial charge in [0.2, 0.25) is 5.91 Å². The third-order valence-corrected chi connectivity index (χ3v) is 22.4. The number of aliphatic hydroxyl groups excluding tert-OH is 11. The largest absolute Gasteiger partial charge is 0.394 e. The highest BCUT2D eigenvalue weighted by molar-refractivity contribution is 5.76. The molecule has 0 aromatic heterocycles. The van der Waals surface area contributed by atoms with E-state index in [1.165, 1.54) is 244 Å². The third kappa shape index (κ3) is 51.1. The molecule has 17 unspecified atom stereocenters. The van der Waals surface area contributed by atoms with Gasteiger partial charge in [-0.2, -0.15) is 0 Å². The van der Waals surface area contributed by atoms with Crippen LogP contribution in [0.25, 0.3) is 0 Å². The zero-order chi connectivity index (χ0) is 81.7. The predicted octanol–water partition coefficient (Wildman–Crippen LogP) is 17.9. The van der Waals surface area contributed by atoms with Crippen molar-refractivity contribution in [1.29, 1.82) is 0 Å². The van der Waals surface area contributed by atoms with E-state index in [1.54, 1.807) is 6.08 Å². The van der Waals surface area contributed by atoms with Gasteiger partial charge in [-0.15, -0.1) is 0 Å². The summed E-state index contributed by atoms with van der Waals surface area (Å²) in [7, 11) is 0. The number of unbranched alkanes of at least 4 members (excludes halogenated alkanes) is 44. The normalized spacial score (nSPS) is 25.3. The maximum atomic E-state index is 13.5. The standard InChI is InChI=1S/C94H167NO18/c1-3-5-7-9-11-13-15-17-19-21-23-25-27-29-31-32-33-34-35-36-37-38-39-40-41-42-43-44-46-48-50-52-54-56-58-60-62-64-66-68-70-72-82(100)95-77(78(99)71-69-67-65-63-61-59-57-55-53-51-49-47-45-30-28-26-24-22-20-18-16-14-12-10-8-6-4-2)76-108-92-88(106)85(103)90(80(74-97)110-92)113-94-89(107)86(104)91(81(75-98)111-94)112-93-87(105)84(102)83(101)79(73-96)109-93/h5,7,11,13,17,19,23,25,29,31,33-34,36-37,69,71,77-81,83-94,96-99,101-107H,3-4,6,8-10,12,14-16,18,20-22,24,26-28,30,32,35,38-68,70,72-76H2,1-2H3,(H,95,100)/b7-5-,13-11-,19-17-,25-23-,31-29-,34-33-,37-36-,71-69+. The molecule has 19 heteroatoms. The molecule has 12 N–H and O–H groups in total. The van der Waals surface area contributed by atoms with E-state index < -0.39 is 124 Å². The Morgan fingerprint density at radius 1 is 0.327 bits per heavy atom. The summed E-state index contributed by atoms with van der Waals surface area (Å²) < 4.78 is 34.5. The Bertz CT molecular complexity index is 2420. The van der Waals surface area contributed by atoms with Gasteiger partial charge in [0.25, 0.3) is 0 Å². The molecule has 3 aliphatic heterocycles. The number of carbonyl (C=O) groups excluding carboxylic acids is 1. The molecule has 3 saturated heterocycles. The fourth-order valence-electron chi connectivity index (χ4n) is 15.1. The van der Waals surface area contributed by atoms with Gasteiger partial charge in [0.15, 0.2) is 18.9 Å². The zero-order valence-electron chi connectivity index (χ0n) is 70.8. The van der Waals surface area contributed by atoms with Gasteiger partial charge in [0.1, 0.15) is 73.2 Å². The highest BCUT2D eigenvalue weighted by Gasteiger charge is 2.54. The SMILES string of the molecule is CC/C=C\C/C=C\C/C=C\C/C=C\C/C=C\C/C=C\C/C=C\CCCCCCCCCCCCCCCCCCCCCC(=O)NC(COC1OC(CO)C(OC2OC(CO)C(OC3OC(CO)C(O)C(O)C3O)C(O)C2O)C(O)C1O)C(O)/C=C/CCCCCCCCCCCCCCCCCCCCCCCCCCC. The minimum absolute atomic E-state index is 0.243. The molecule has 0 aliphatic carbocycles. The Labute approximate surface area is 685 Å². The molecule has 113 heavy (non-hydrogen) atoms. The summed E-state index contributed by atoms with van der Waals surface area (Å²) >= 11 is 0. The van der Waals surface area contributed by atoms with E-state index in [2.05, 4.69) is 104 Å². The van der Waals surface area contributed by atoms with Gasteiger partial charge >= 0.3 is 0 Å². The lowest BCUT2D eigenvalue weighted by atomic mass is 9.96.